The van der Waals surface area contributed by atoms with Crippen LogP contribution < -0.4 is 9.47 Å². The van der Waals surface area contributed by atoms with Gasteiger partial charge in [-0.05, 0) is 56.7 Å². The number of ether oxygens (including phenoxy) is 2. The molecule has 2 aliphatic carbocycles. The predicted molar refractivity (Wildman–Crippen MR) is 121 cm³/mol. The van der Waals surface area contributed by atoms with Crippen molar-refractivity contribution in [1.82, 2.24) is 4.90 Å². The van der Waals surface area contributed by atoms with Crippen molar-refractivity contribution >= 4 is 23.2 Å². The Bertz CT molecular complexity index is 934. The molecule has 0 bridgehead atoms. The molecule has 0 radical (unpaired) electrons. The van der Waals surface area contributed by atoms with Crippen molar-refractivity contribution in [2.24, 2.45) is 0 Å². The van der Waals surface area contributed by atoms with Crippen LogP contribution in [0, 0.1) is 0 Å². The average Bonchev–Trinajstić information content (AvgIpc) is 2.75. The quantitative estimate of drug-likeness (QED) is 0.575. The first kappa shape index (κ1) is 21.9. The van der Waals surface area contributed by atoms with Crippen LogP contribution >= 0.6 is 11.6 Å². The van der Waals surface area contributed by atoms with Gasteiger partial charge >= 0.3 is 0 Å². The molecule has 5 nitrogen and oxygen atoms in total. The fourth-order valence-corrected chi connectivity index (χ4v) is 5.32. The molecule has 0 fully saturated rings. The summed E-state index contributed by atoms with van der Waals surface area (Å²) in [4.78, 5) is 28.4. The largest absolute Gasteiger partial charge is 0.490 e. The molecule has 0 saturated heterocycles. The highest BCUT2D eigenvalue weighted by atomic mass is 35.5. The van der Waals surface area contributed by atoms with Crippen LogP contribution in [0.4, 0.5) is 0 Å². The minimum Gasteiger partial charge on any atom is -0.490 e. The van der Waals surface area contributed by atoms with Crippen LogP contribution in [-0.2, 0) is 9.59 Å². The first-order valence-electron chi connectivity index (χ1n) is 11.3. The molecule has 0 saturated carbocycles. The van der Waals surface area contributed by atoms with Crippen molar-refractivity contribution in [2.45, 2.75) is 64.7 Å². The van der Waals surface area contributed by atoms with E-state index in [0.717, 1.165) is 60.2 Å². The molecule has 1 aromatic rings. The lowest BCUT2D eigenvalue weighted by molar-refractivity contribution is -0.117. The van der Waals surface area contributed by atoms with E-state index in [0.29, 0.717) is 42.6 Å². The second kappa shape index (κ2) is 9.07. The minimum atomic E-state index is -0.390. The number of carbonyl (C=O) groups excluding carboxylic acids is 2. The number of Topliss-reactive ketones (excluding diaryl/α,β-unsaturated/α-hetero) is 2. The maximum Gasteiger partial charge on any atom is 0.179 e. The molecule has 0 spiro atoms. The fraction of sp³-hybridized carbons (Fsp3) is 0.520. The summed E-state index contributed by atoms with van der Waals surface area (Å²) in [7, 11) is 2.00. The summed E-state index contributed by atoms with van der Waals surface area (Å²) in [6.45, 7) is 4.95. The third kappa shape index (κ3) is 3.89. The molecular formula is C25H30ClNO4. The Kier molecular flexibility index (Phi) is 6.42. The molecule has 166 valence electrons. The lowest BCUT2D eigenvalue weighted by atomic mass is 9.71. The lowest BCUT2D eigenvalue weighted by Gasteiger charge is -2.42. The van der Waals surface area contributed by atoms with E-state index in [4.69, 9.17) is 21.1 Å². The molecule has 0 atom stereocenters. The third-order valence-electron chi connectivity index (χ3n) is 6.36. The van der Waals surface area contributed by atoms with Gasteiger partial charge in [0, 0.05) is 48.3 Å². The van der Waals surface area contributed by atoms with Gasteiger partial charge < -0.3 is 14.4 Å². The fourth-order valence-electron chi connectivity index (χ4n) is 5.05. The molecule has 0 N–H and O–H groups in total. The standard InChI is InChI=1S/C25H30ClNO4/c1-4-12-31-25-16(26)13-15(14-21(25)30-5-2)22-23-17(8-6-10-19(23)28)27(3)18-9-7-11-20(29)24(18)22/h13-14,22H,4-12H2,1-3H3. The summed E-state index contributed by atoms with van der Waals surface area (Å²) >= 11 is 6.66. The van der Waals surface area contributed by atoms with E-state index in [1.54, 1.807) is 0 Å². The van der Waals surface area contributed by atoms with E-state index in [9.17, 15) is 9.59 Å². The van der Waals surface area contributed by atoms with Crippen molar-refractivity contribution in [3.05, 3.63) is 45.3 Å². The molecule has 1 heterocycles. The molecule has 1 aromatic carbocycles. The highest BCUT2D eigenvalue weighted by molar-refractivity contribution is 6.32. The number of allylic oxidation sites excluding steroid dienone is 4. The van der Waals surface area contributed by atoms with Crippen LogP contribution in [-0.4, -0.2) is 36.7 Å². The minimum absolute atomic E-state index is 0.128. The van der Waals surface area contributed by atoms with Gasteiger partial charge in [-0.1, -0.05) is 18.5 Å². The number of benzene rings is 1. The SMILES string of the molecule is CCCOc1c(Cl)cc(C2C3=C(CCCC3=O)N(C)C3=C2C(=O)CCC3)cc1OCC. The highest BCUT2D eigenvalue weighted by Crippen LogP contribution is 2.50. The van der Waals surface area contributed by atoms with Crippen molar-refractivity contribution < 1.29 is 19.1 Å². The highest BCUT2D eigenvalue weighted by Gasteiger charge is 2.42. The third-order valence-corrected chi connectivity index (χ3v) is 6.64. The second-order valence-corrected chi connectivity index (χ2v) is 8.78. The summed E-state index contributed by atoms with van der Waals surface area (Å²) in [5, 5.41) is 0.448. The summed E-state index contributed by atoms with van der Waals surface area (Å²) in [6.07, 6.45) is 5.28. The Morgan fingerprint density at radius 3 is 2.13 bits per heavy atom. The van der Waals surface area contributed by atoms with E-state index in [1.165, 1.54) is 0 Å². The summed E-state index contributed by atoms with van der Waals surface area (Å²) < 4.78 is 11.7. The van der Waals surface area contributed by atoms with E-state index >= 15 is 0 Å². The monoisotopic (exact) mass is 443 g/mol. The van der Waals surface area contributed by atoms with Gasteiger partial charge in [-0.25, -0.2) is 0 Å². The zero-order chi connectivity index (χ0) is 22.1. The number of hydrogen-bond acceptors (Lipinski definition) is 5. The van der Waals surface area contributed by atoms with Crippen LogP contribution in [0.1, 0.15) is 70.3 Å². The summed E-state index contributed by atoms with van der Waals surface area (Å²) in [5.74, 6) is 0.953. The molecule has 4 rings (SSSR count). The van der Waals surface area contributed by atoms with Gasteiger partial charge in [0.2, 0.25) is 0 Å². The number of carbonyl (C=O) groups is 2. The van der Waals surface area contributed by atoms with Gasteiger partial charge in [0.1, 0.15) is 0 Å². The number of ketones is 2. The van der Waals surface area contributed by atoms with E-state index in [-0.39, 0.29) is 11.6 Å². The smallest absolute Gasteiger partial charge is 0.179 e. The molecule has 0 unspecified atom stereocenters. The number of nitrogens with zero attached hydrogens (tertiary/aromatic N) is 1. The zero-order valence-electron chi connectivity index (χ0n) is 18.6. The van der Waals surface area contributed by atoms with E-state index in [2.05, 4.69) is 4.90 Å². The Balaban J connectivity index is 1.91. The maximum atomic E-state index is 13.1. The summed E-state index contributed by atoms with van der Waals surface area (Å²) in [5.41, 5.74) is 4.44. The van der Waals surface area contributed by atoms with Gasteiger partial charge in [0.05, 0.1) is 18.2 Å². The molecule has 0 aromatic heterocycles. The van der Waals surface area contributed by atoms with Crippen LogP contribution in [0.5, 0.6) is 11.5 Å². The van der Waals surface area contributed by atoms with Crippen molar-refractivity contribution in [1.29, 1.82) is 0 Å². The molecule has 3 aliphatic rings. The van der Waals surface area contributed by atoms with Crippen molar-refractivity contribution in [2.75, 3.05) is 20.3 Å². The average molecular weight is 444 g/mol. The van der Waals surface area contributed by atoms with Gasteiger partial charge in [-0.3, -0.25) is 9.59 Å². The first-order valence-corrected chi connectivity index (χ1v) is 11.7. The molecular weight excluding hydrogens is 414 g/mol. The zero-order valence-corrected chi connectivity index (χ0v) is 19.3. The van der Waals surface area contributed by atoms with E-state index < -0.39 is 5.92 Å². The number of hydrogen-bond donors (Lipinski definition) is 0. The van der Waals surface area contributed by atoms with Gasteiger partial charge in [0.25, 0.3) is 0 Å². The normalized spacial score (nSPS) is 19.5. The molecule has 6 heteroatoms. The maximum absolute atomic E-state index is 13.1. The van der Waals surface area contributed by atoms with Crippen molar-refractivity contribution in [3.8, 4) is 11.5 Å². The van der Waals surface area contributed by atoms with Gasteiger partial charge in [-0.2, -0.15) is 0 Å². The first-order chi connectivity index (χ1) is 15.0. The van der Waals surface area contributed by atoms with Crippen LogP contribution in [0.25, 0.3) is 0 Å². The van der Waals surface area contributed by atoms with E-state index in [1.807, 2.05) is 33.0 Å². The predicted octanol–water partition coefficient (Wildman–Crippen LogP) is 5.57. The van der Waals surface area contributed by atoms with Gasteiger partial charge in [-0.15, -0.1) is 0 Å². The van der Waals surface area contributed by atoms with Crippen LogP contribution in [0.2, 0.25) is 5.02 Å². The Labute approximate surface area is 189 Å². The van der Waals surface area contributed by atoms with Crippen molar-refractivity contribution in [3.63, 3.8) is 0 Å². The topological polar surface area (TPSA) is 55.8 Å². The number of rotatable bonds is 6. The Morgan fingerprint density at radius 2 is 1.58 bits per heavy atom. The summed E-state index contributed by atoms with van der Waals surface area (Å²) in [6, 6.07) is 3.76. The Morgan fingerprint density at radius 1 is 0.968 bits per heavy atom. The lowest BCUT2D eigenvalue weighted by Crippen LogP contribution is -2.37. The second-order valence-electron chi connectivity index (χ2n) is 8.38. The molecule has 0 amide bonds. The van der Waals surface area contributed by atoms with Gasteiger partial charge in [0.15, 0.2) is 23.1 Å². The molecule has 1 aliphatic heterocycles. The van der Waals surface area contributed by atoms with Crippen LogP contribution in [0.15, 0.2) is 34.7 Å². The molecule has 31 heavy (non-hydrogen) atoms. The van der Waals surface area contributed by atoms with Crippen LogP contribution in [0.3, 0.4) is 0 Å². The number of halogens is 1. The Hall–Kier alpha value is -2.27.